The molecular weight excluding hydrogens is 176 g/mol. The van der Waals surface area contributed by atoms with E-state index in [1.165, 1.54) is 0 Å². The largest absolute Gasteiger partial charge is 0.309 e. The summed E-state index contributed by atoms with van der Waals surface area (Å²) in [7, 11) is 0. The van der Waals surface area contributed by atoms with Crippen LogP contribution in [0.3, 0.4) is 0 Å². The fourth-order valence-electron chi connectivity index (χ4n) is 1.21. The average molecular weight is 185 g/mol. The van der Waals surface area contributed by atoms with E-state index in [1.807, 2.05) is 18.2 Å². The summed E-state index contributed by atoms with van der Waals surface area (Å²) in [5.41, 5.74) is 0.743. The van der Waals surface area contributed by atoms with Gasteiger partial charge in [0.1, 0.15) is 0 Å². The van der Waals surface area contributed by atoms with Crippen molar-refractivity contribution < 1.29 is 0 Å². The Morgan fingerprint density at radius 1 is 1.36 bits per heavy atom. The first-order valence-corrected chi connectivity index (χ1v) is 4.33. The highest BCUT2D eigenvalue weighted by Crippen LogP contribution is 1.95. The Hall–Kier alpha value is -1.90. The van der Waals surface area contributed by atoms with E-state index in [2.05, 4.69) is 11.1 Å². The first-order valence-electron chi connectivity index (χ1n) is 4.33. The highest BCUT2D eigenvalue weighted by molar-refractivity contribution is 5.05. The molecule has 0 aromatic carbocycles. The van der Waals surface area contributed by atoms with Crippen LogP contribution in [-0.4, -0.2) is 9.55 Å². The van der Waals surface area contributed by atoms with Crippen molar-refractivity contribution in [3.63, 3.8) is 0 Å². The third kappa shape index (κ3) is 1.88. The lowest BCUT2D eigenvalue weighted by Gasteiger charge is -2.02. The van der Waals surface area contributed by atoms with E-state index in [0.29, 0.717) is 6.54 Å². The molecule has 0 aliphatic carbocycles. The second-order valence-corrected chi connectivity index (χ2v) is 2.91. The molecule has 2 heterocycles. The van der Waals surface area contributed by atoms with Gasteiger partial charge in [-0.25, -0.2) is 0 Å². The summed E-state index contributed by atoms with van der Waals surface area (Å²) in [5, 5.41) is 0. The van der Waals surface area contributed by atoms with Crippen molar-refractivity contribution in [1.29, 1.82) is 0 Å². The van der Waals surface area contributed by atoms with Crippen molar-refractivity contribution >= 4 is 0 Å². The van der Waals surface area contributed by atoms with E-state index in [9.17, 15) is 4.79 Å². The molecule has 3 heteroatoms. The molecule has 3 nitrogen and oxygen atoms in total. The van der Waals surface area contributed by atoms with Gasteiger partial charge in [-0.1, -0.05) is 6.07 Å². The number of hydrogen-bond acceptors (Lipinski definition) is 2. The van der Waals surface area contributed by atoms with Crippen LogP contribution in [0.5, 0.6) is 0 Å². The van der Waals surface area contributed by atoms with E-state index in [4.69, 9.17) is 0 Å². The van der Waals surface area contributed by atoms with Crippen molar-refractivity contribution in [2.24, 2.45) is 0 Å². The van der Waals surface area contributed by atoms with Crippen LogP contribution in [0.2, 0.25) is 0 Å². The van der Waals surface area contributed by atoms with Gasteiger partial charge in [0, 0.05) is 12.4 Å². The topological polar surface area (TPSA) is 34.9 Å². The van der Waals surface area contributed by atoms with Crippen molar-refractivity contribution in [2.75, 3.05) is 0 Å². The summed E-state index contributed by atoms with van der Waals surface area (Å²) in [6.45, 7) is 0.497. The van der Waals surface area contributed by atoms with Crippen LogP contribution in [0.4, 0.5) is 0 Å². The van der Waals surface area contributed by atoms with Crippen molar-refractivity contribution in [3.8, 4) is 0 Å². The zero-order valence-corrected chi connectivity index (χ0v) is 7.55. The zero-order chi connectivity index (χ0) is 9.80. The Balaban J connectivity index is 2.28. The Kier molecular flexibility index (Phi) is 2.40. The summed E-state index contributed by atoms with van der Waals surface area (Å²) >= 11 is 0. The van der Waals surface area contributed by atoms with Crippen molar-refractivity contribution in [2.45, 2.75) is 6.54 Å². The summed E-state index contributed by atoms with van der Waals surface area (Å²) in [5.74, 6) is 0. The van der Waals surface area contributed by atoms with Crippen molar-refractivity contribution in [3.05, 3.63) is 64.8 Å². The second-order valence-electron chi connectivity index (χ2n) is 2.91. The molecule has 0 aliphatic rings. The molecule has 0 spiro atoms. The molecule has 0 N–H and O–H groups in total. The molecule has 0 fully saturated rings. The second kappa shape index (κ2) is 3.87. The lowest BCUT2D eigenvalue weighted by Crippen LogP contribution is -2.19. The molecule has 69 valence electrons. The Labute approximate surface area is 81.7 Å². The van der Waals surface area contributed by atoms with Gasteiger partial charge in [-0.3, -0.25) is 9.78 Å². The molecule has 0 amide bonds. The Bertz CT molecular complexity index is 462. The minimum absolute atomic E-state index is 0.127. The molecule has 2 rings (SSSR count). The average Bonchev–Trinajstić information content (AvgIpc) is 2.23. The van der Waals surface area contributed by atoms with Gasteiger partial charge < -0.3 is 4.57 Å². The Morgan fingerprint density at radius 2 is 2.29 bits per heavy atom. The SMILES string of the molecule is O=c1[c]cccn1Cc1ccccn1. The molecule has 0 aliphatic heterocycles. The minimum Gasteiger partial charge on any atom is -0.309 e. The van der Waals surface area contributed by atoms with Crippen LogP contribution in [0.1, 0.15) is 5.69 Å². The predicted octanol–water partition coefficient (Wildman–Crippen LogP) is 1.09. The number of pyridine rings is 2. The fourth-order valence-corrected chi connectivity index (χ4v) is 1.21. The van der Waals surface area contributed by atoms with Crippen LogP contribution in [0, 0.1) is 6.07 Å². The van der Waals surface area contributed by atoms with Crippen LogP contribution >= 0.6 is 0 Å². The molecule has 0 atom stereocenters. The molecule has 0 saturated heterocycles. The van der Waals surface area contributed by atoms with Gasteiger partial charge in [-0.2, -0.15) is 0 Å². The van der Waals surface area contributed by atoms with E-state index >= 15 is 0 Å². The number of aromatic nitrogens is 2. The molecular formula is C11H9N2O. The van der Waals surface area contributed by atoms with E-state index < -0.39 is 0 Å². The fraction of sp³-hybridized carbons (Fsp3) is 0.0909. The summed E-state index contributed by atoms with van der Waals surface area (Å²) < 4.78 is 1.57. The number of hydrogen-bond donors (Lipinski definition) is 0. The van der Waals surface area contributed by atoms with Gasteiger partial charge >= 0.3 is 0 Å². The molecule has 0 saturated carbocycles. The molecule has 0 unspecified atom stereocenters. The lowest BCUT2D eigenvalue weighted by molar-refractivity contribution is 0.738. The van der Waals surface area contributed by atoms with E-state index in [0.717, 1.165) is 5.69 Å². The van der Waals surface area contributed by atoms with Gasteiger partial charge in [-0.05, 0) is 24.3 Å². The first-order chi connectivity index (χ1) is 6.86. The highest BCUT2D eigenvalue weighted by atomic mass is 16.1. The monoisotopic (exact) mass is 185 g/mol. The molecule has 2 aromatic heterocycles. The highest BCUT2D eigenvalue weighted by Gasteiger charge is 1.96. The predicted molar refractivity (Wildman–Crippen MR) is 52.9 cm³/mol. The summed E-state index contributed by atoms with van der Waals surface area (Å²) in [4.78, 5) is 15.4. The van der Waals surface area contributed by atoms with Crippen molar-refractivity contribution in [1.82, 2.24) is 9.55 Å². The number of nitrogens with zero attached hydrogens (tertiary/aromatic N) is 2. The van der Waals surface area contributed by atoms with Gasteiger partial charge in [0.2, 0.25) is 0 Å². The van der Waals surface area contributed by atoms with Gasteiger partial charge in [-0.15, -0.1) is 0 Å². The van der Waals surface area contributed by atoms with Crippen LogP contribution in [-0.2, 0) is 6.54 Å². The standard InChI is InChI=1S/C11H9N2O/c14-11-6-2-4-8-13(11)9-10-5-1-3-7-12-10/h1-5,7-8H,9H2. The van der Waals surface area contributed by atoms with E-state index in [1.54, 1.807) is 29.1 Å². The van der Waals surface area contributed by atoms with Gasteiger partial charge in [0.05, 0.1) is 18.3 Å². The van der Waals surface area contributed by atoms with Crippen LogP contribution in [0.25, 0.3) is 0 Å². The maximum Gasteiger partial charge on any atom is 0.258 e. The zero-order valence-electron chi connectivity index (χ0n) is 7.55. The third-order valence-corrected chi connectivity index (χ3v) is 1.89. The summed E-state index contributed by atoms with van der Waals surface area (Å²) in [6.07, 6.45) is 3.44. The normalized spacial score (nSPS) is 10.0. The van der Waals surface area contributed by atoms with Gasteiger partial charge in [0.25, 0.3) is 5.56 Å². The molecule has 14 heavy (non-hydrogen) atoms. The quantitative estimate of drug-likeness (QED) is 0.702. The maximum atomic E-state index is 11.3. The Morgan fingerprint density at radius 3 is 3.00 bits per heavy atom. The maximum absolute atomic E-state index is 11.3. The van der Waals surface area contributed by atoms with Crippen LogP contribution in [0.15, 0.2) is 47.5 Å². The summed E-state index contributed by atoms with van der Waals surface area (Å²) in [6, 6.07) is 11.6. The lowest BCUT2D eigenvalue weighted by atomic mass is 10.3. The van der Waals surface area contributed by atoms with E-state index in [-0.39, 0.29) is 5.56 Å². The molecule has 1 radical (unpaired) electrons. The minimum atomic E-state index is -0.127. The molecule has 0 bridgehead atoms. The molecule has 2 aromatic rings. The third-order valence-electron chi connectivity index (χ3n) is 1.89. The van der Waals surface area contributed by atoms with Crippen LogP contribution < -0.4 is 5.56 Å². The van der Waals surface area contributed by atoms with Gasteiger partial charge in [0.15, 0.2) is 0 Å². The number of rotatable bonds is 2. The first kappa shape index (κ1) is 8.69. The smallest absolute Gasteiger partial charge is 0.258 e.